The number of amides is 1. The van der Waals surface area contributed by atoms with E-state index in [1.807, 2.05) is 0 Å². The number of alkyl halides is 1. The number of aryl methyl sites for hydroxylation is 1. The smallest absolute Gasteiger partial charge is 0.343 e. The van der Waals surface area contributed by atoms with E-state index in [-0.39, 0.29) is 24.2 Å². The molecule has 1 amide bonds. The van der Waals surface area contributed by atoms with Crippen LogP contribution in [-0.2, 0) is 4.79 Å². The number of carbonyl (C=O) groups is 2. The van der Waals surface area contributed by atoms with Crippen molar-refractivity contribution in [3.63, 3.8) is 0 Å². The molecule has 0 saturated carbocycles. The molecular weight excluding hydrogens is 283 g/mol. The lowest BCUT2D eigenvalue weighted by Crippen LogP contribution is -2.38. The molecular formula is C13H13FN2O5. The van der Waals surface area contributed by atoms with E-state index < -0.39 is 29.0 Å². The normalized spacial score (nSPS) is 21.3. The van der Waals surface area contributed by atoms with Gasteiger partial charge >= 0.3 is 5.97 Å². The van der Waals surface area contributed by atoms with Crippen molar-refractivity contribution in [1.82, 2.24) is 4.90 Å². The van der Waals surface area contributed by atoms with Crippen LogP contribution in [0.4, 0.5) is 10.1 Å². The van der Waals surface area contributed by atoms with Gasteiger partial charge in [0.05, 0.1) is 11.5 Å². The van der Waals surface area contributed by atoms with Crippen molar-refractivity contribution < 1.29 is 24.0 Å². The number of nitro benzene ring substituents is 1. The zero-order chi connectivity index (χ0) is 15.8. The Morgan fingerprint density at radius 2 is 2.14 bits per heavy atom. The lowest BCUT2D eigenvalue weighted by atomic mass is 10.1. The molecule has 21 heavy (non-hydrogen) atoms. The van der Waals surface area contributed by atoms with Gasteiger partial charge in [-0.15, -0.1) is 0 Å². The minimum absolute atomic E-state index is 0.00231. The summed E-state index contributed by atoms with van der Waals surface area (Å²) in [5, 5.41) is 19.5. The third-order valence-electron chi connectivity index (χ3n) is 3.53. The molecule has 1 aromatic rings. The second-order valence-corrected chi connectivity index (χ2v) is 5.01. The molecule has 1 saturated heterocycles. The molecule has 1 aliphatic heterocycles. The summed E-state index contributed by atoms with van der Waals surface area (Å²) in [5.74, 6) is -2.12. The van der Waals surface area contributed by atoms with Crippen molar-refractivity contribution in [2.24, 2.45) is 0 Å². The molecule has 1 heterocycles. The highest BCUT2D eigenvalue weighted by Crippen LogP contribution is 2.28. The van der Waals surface area contributed by atoms with Gasteiger partial charge in [-0.05, 0) is 19.1 Å². The van der Waals surface area contributed by atoms with Crippen molar-refractivity contribution in [3.05, 3.63) is 39.4 Å². The van der Waals surface area contributed by atoms with Crippen LogP contribution in [0.1, 0.15) is 22.3 Å². The van der Waals surface area contributed by atoms with E-state index in [2.05, 4.69) is 0 Å². The fourth-order valence-electron chi connectivity index (χ4n) is 2.30. The van der Waals surface area contributed by atoms with Gasteiger partial charge < -0.3 is 10.0 Å². The van der Waals surface area contributed by atoms with Crippen molar-refractivity contribution in [2.75, 3.05) is 13.1 Å². The van der Waals surface area contributed by atoms with E-state index in [0.717, 1.165) is 4.90 Å². The number of hydrogen-bond acceptors (Lipinski definition) is 4. The number of carbonyl (C=O) groups excluding carboxylic acids is 1. The topological polar surface area (TPSA) is 101 Å². The summed E-state index contributed by atoms with van der Waals surface area (Å²) in [7, 11) is 0. The van der Waals surface area contributed by atoms with Crippen LogP contribution in [-0.4, -0.2) is 45.6 Å². The SMILES string of the molecule is Cc1cc(C(=O)N2CCC(F)(C(=O)O)C2)ccc1[N+](=O)[O-]. The zero-order valence-corrected chi connectivity index (χ0v) is 11.2. The van der Waals surface area contributed by atoms with Gasteiger partial charge in [0.2, 0.25) is 5.67 Å². The van der Waals surface area contributed by atoms with E-state index in [4.69, 9.17) is 5.11 Å². The average molecular weight is 296 g/mol. The summed E-state index contributed by atoms with van der Waals surface area (Å²) < 4.78 is 13.9. The summed E-state index contributed by atoms with van der Waals surface area (Å²) in [6, 6.07) is 3.84. The number of nitro groups is 1. The second kappa shape index (κ2) is 5.12. The standard InChI is InChI=1S/C13H13FN2O5/c1-8-6-9(2-3-10(8)16(20)21)11(17)15-5-4-13(14,7-15)12(18)19/h2-3,6H,4-5,7H2,1H3,(H,18,19). The third-order valence-corrected chi connectivity index (χ3v) is 3.53. The van der Waals surface area contributed by atoms with Crippen LogP contribution >= 0.6 is 0 Å². The van der Waals surface area contributed by atoms with Gasteiger partial charge in [-0.3, -0.25) is 14.9 Å². The van der Waals surface area contributed by atoms with E-state index in [1.54, 1.807) is 0 Å². The van der Waals surface area contributed by atoms with Crippen LogP contribution in [0.25, 0.3) is 0 Å². The average Bonchev–Trinajstić information content (AvgIpc) is 2.81. The number of benzene rings is 1. The quantitative estimate of drug-likeness (QED) is 0.673. The van der Waals surface area contributed by atoms with Crippen LogP contribution in [0.5, 0.6) is 0 Å². The molecule has 1 N–H and O–H groups in total. The fraction of sp³-hybridized carbons (Fsp3) is 0.385. The molecule has 1 fully saturated rings. The van der Waals surface area contributed by atoms with E-state index in [1.165, 1.54) is 25.1 Å². The molecule has 0 spiro atoms. The number of nitrogens with zero attached hydrogens (tertiary/aromatic N) is 2. The summed E-state index contributed by atoms with van der Waals surface area (Å²) in [4.78, 5) is 34.3. The van der Waals surface area contributed by atoms with Gasteiger partial charge in [0.15, 0.2) is 0 Å². The summed E-state index contributed by atoms with van der Waals surface area (Å²) >= 11 is 0. The van der Waals surface area contributed by atoms with Gasteiger partial charge in [0.25, 0.3) is 11.6 Å². The number of halogens is 1. The van der Waals surface area contributed by atoms with E-state index in [0.29, 0.717) is 5.56 Å². The first kappa shape index (κ1) is 14.9. The predicted octanol–water partition coefficient (Wildman–Crippen LogP) is 1.54. The molecule has 1 aliphatic rings. The molecule has 0 radical (unpaired) electrons. The summed E-state index contributed by atoms with van der Waals surface area (Å²) in [5.41, 5.74) is -2.05. The molecule has 2 rings (SSSR count). The molecule has 112 valence electrons. The van der Waals surface area contributed by atoms with Gasteiger partial charge in [-0.25, -0.2) is 9.18 Å². The fourth-order valence-corrected chi connectivity index (χ4v) is 2.30. The first-order valence-corrected chi connectivity index (χ1v) is 6.21. The first-order valence-electron chi connectivity index (χ1n) is 6.21. The molecule has 1 unspecified atom stereocenters. The monoisotopic (exact) mass is 296 g/mol. The van der Waals surface area contributed by atoms with Crippen LogP contribution < -0.4 is 0 Å². The third kappa shape index (κ3) is 2.69. The van der Waals surface area contributed by atoms with Crippen LogP contribution in [0, 0.1) is 17.0 Å². The highest BCUT2D eigenvalue weighted by atomic mass is 19.1. The Balaban J connectivity index is 2.20. The molecule has 1 aromatic carbocycles. The van der Waals surface area contributed by atoms with E-state index >= 15 is 0 Å². The van der Waals surface area contributed by atoms with Gasteiger partial charge in [-0.1, -0.05) is 0 Å². The Hall–Kier alpha value is -2.51. The van der Waals surface area contributed by atoms with Gasteiger partial charge in [0, 0.05) is 30.2 Å². The predicted molar refractivity (Wildman–Crippen MR) is 69.8 cm³/mol. The molecule has 0 bridgehead atoms. The Labute approximate surface area is 119 Å². The number of carboxylic acids is 1. The number of hydrogen-bond donors (Lipinski definition) is 1. The second-order valence-electron chi connectivity index (χ2n) is 5.01. The number of rotatable bonds is 3. The highest BCUT2D eigenvalue weighted by molar-refractivity contribution is 5.95. The number of likely N-dealkylation sites (tertiary alicyclic amines) is 1. The maximum absolute atomic E-state index is 13.9. The molecule has 8 heteroatoms. The Morgan fingerprint density at radius 1 is 1.48 bits per heavy atom. The Bertz CT molecular complexity index is 633. The summed E-state index contributed by atoms with van der Waals surface area (Å²) in [6.45, 7) is 0.977. The highest BCUT2D eigenvalue weighted by Gasteiger charge is 2.47. The summed E-state index contributed by atoms with van der Waals surface area (Å²) in [6.07, 6.45) is -0.264. The largest absolute Gasteiger partial charge is 0.479 e. The Kier molecular flexibility index (Phi) is 3.63. The first-order chi connectivity index (χ1) is 9.74. The van der Waals surface area contributed by atoms with Crippen LogP contribution in [0.15, 0.2) is 18.2 Å². The lowest BCUT2D eigenvalue weighted by molar-refractivity contribution is -0.385. The number of carboxylic acid groups (broad SMARTS) is 1. The zero-order valence-electron chi connectivity index (χ0n) is 11.2. The molecule has 7 nitrogen and oxygen atoms in total. The van der Waals surface area contributed by atoms with E-state index in [9.17, 15) is 24.1 Å². The van der Waals surface area contributed by atoms with Crippen molar-refractivity contribution in [1.29, 1.82) is 0 Å². The lowest BCUT2D eigenvalue weighted by Gasteiger charge is -2.18. The molecule has 0 aliphatic carbocycles. The van der Waals surface area contributed by atoms with Crippen molar-refractivity contribution >= 4 is 17.6 Å². The van der Waals surface area contributed by atoms with Crippen LogP contribution in [0.3, 0.4) is 0 Å². The maximum atomic E-state index is 13.9. The number of aliphatic carboxylic acids is 1. The molecule has 0 aromatic heterocycles. The van der Waals surface area contributed by atoms with Gasteiger partial charge in [-0.2, -0.15) is 0 Å². The van der Waals surface area contributed by atoms with Gasteiger partial charge in [0.1, 0.15) is 0 Å². The van der Waals surface area contributed by atoms with Crippen LogP contribution in [0.2, 0.25) is 0 Å². The van der Waals surface area contributed by atoms with Crippen molar-refractivity contribution in [3.8, 4) is 0 Å². The maximum Gasteiger partial charge on any atom is 0.343 e. The minimum atomic E-state index is -2.43. The molecule has 1 atom stereocenters. The Morgan fingerprint density at radius 3 is 2.62 bits per heavy atom. The minimum Gasteiger partial charge on any atom is -0.479 e. The van der Waals surface area contributed by atoms with Crippen molar-refractivity contribution in [2.45, 2.75) is 19.0 Å².